The summed E-state index contributed by atoms with van der Waals surface area (Å²) >= 11 is 0. The summed E-state index contributed by atoms with van der Waals surface area (Å²) < 4.78 is 5.41. The van der Waals surface area contributed by atoms with Crippen LogP contribution < -0.4 is 21.7 Å². The molecular weight excluding hydrogens is 618 g/mol. The molecule has 0 aromatic heterocycles. The van der Waals surface area contributed by atoms with Gasteiger partial charge in [-0.3, -0.25) is 38.5 Å². The Labute approximate surface area is 282 Å². The van der Waals surface area contributed by atoms with Gasteiger partial charge in [-0.05, 0) is 44.1 Å². The van der Waals surface area contributed by atoms with Crippen LogP contribution >= 0.6 is 0 Å². The van der Waals surface area contributed by atoms with Crippen molar-refractivity contribution in [2.24, 2.45) is 17.6 Å². The van der Waals surface area contributed by atoms with Gasteiger partial charge in [0.25, 0.3) is 11.8 Å². The molecule has 1 aromatic rings. The maximum atomic E-state index is 13.4. The summed E-state index contributed by atoms with van der Waals surface area (Å²) in [6, 6.07) is 7.03. The minimum absolute atomic E-state index is 0.00791. The van der Waals surface area contributed by atoms with E-state index in [0.717, 1.165) is 16.0 Å². The first-order chi connectivity index (χ1) is 22.9. The number of carbonyl (C=O) groups is 7. The van der Waals surface area contributed by atoms with Gasteiger partial charge in [-0.1, -0.05) is 50.1 Å². The van der Waals surface area contributed by atoms with Crippen molar-refractivity contribution in [1.29, 1.82) is 0 Å². The number of nitrogens with one attached hydrogen (secondary N) is 3. The minimum Gasteiger partial charge on any atom is -0.379 e. The molecule has 13 nitrogen and oxygen atoms in total. The number of imide groups is 1. The number of ketones is 1. The fourth-order valence-corrected chi connectivity index (χ4v) is 5.16. The second-order valence-electron chi connectivity index (χ2n) is 12.4. The highest BCUT2D eigenvalue weighted by molar-refractivity contribution is 6.13. The minimum atomic E-state index is -0.676. The Bertz CT molecular complexity index is 1280. The molecule has 1 aromatic carbocycles. The van der Waals surface area contributed by atoms with Gasteiger partial charge in [-0.2, -0.15) is 0 Å². The van der Waals surface area contributed by atoms with Crippen LogP contribution in [-0.2, 0) is 44.7 Å². The van der Waals surface area contributed by atoms with E-state index in [1.54, 1.807) is 0 Å². The van der Waals surface area contributed by atoms with Crippen molar-refractivity contribution >= 4 is 41.2 Å². The highest BCUT2D eigenvalue weighted by atomic mass is 16.5. The maximum Gasteiger partial charge on any atom is 0.253 e. The van der Waals surface area contributed by atoms with Gasteiger partial charge < -0.3 is 26.4 Å². The van der Waals surface area contributed by atoms with E-state index in [-0.39, 0.29) is 87.3 Å². The molecule has 1 aliphatic rings. The Morgan fingerprint density at radius 1 is 0.812 bits per heavy atom. The average Bonchev–Trinajstić information content (AvgIpc) is 3.35. The van der Waals surface area contributed by atoms with E-state index in [1.165, 1.54) is 12.2 Å². The van der Waals surface area contributed by atoms with Crippen molar-refractivity contribution in [2.75, 3.05) is 32.8 Å². The first-order valence-electron chi connectivity index (χ1n) is 16.7. The fourth-order valence-electron chi connectivity index (χ4n) is 5.16. The molecule has 0 spiro atoms. The van der Waals surface area contributed by atoms with Gasteiger partial charge in [0.1, 0.15) is 0 Å². The monoisotopic (exact) mass is 669 g/mol. The second-order valence-corrected chi connectivity index (χ2v) is 12.4. The van der Waals surface area contributed by atoms with E-state index in [0.29, 0.717) is 38.6 Å². The fraction of sp³-hybridized carbons (Fsp3) is 0.571. The van der Waals surface area contributed by atoms with Crippen LogP contribution in [0.25, 0.3) is 0 Å². The van der Waals surface area contributed by atoms with E-state index < -0.39 is 23.8 Å². The van der Waals surface area contributed by atoms with Gasteiger partial charge >= 0.3 is 0 Å². The van der Waals surface area contributed by atoms with E-state index in [9.17, 15) is 33.6 Å². The van der Waals surface area contributed by atoms with Gasteiger partial charge in [0.05, 0.1) is 19.3 Å². The molecule has 0 saturated heterocycles. The molecule has 1 aliphatic heterocycles. The lowest BCUT2D eigenvalue weighted by Gasteiger charge is -2.24. The van der Waals surface area contributed by atoms with Crippen molar-refractivity contribution in [3.63, 3.8) is 0 Å². The van der Waals surface area contributed by atoms with Crippen molar-refractivity contribution in [2.45, 2.75) is 84.6 Å². The molecule has 0 radical (unpaired) electrons. The summed E-state index contributed by atoms with van der Waals surface area (Å²) in [5.74, 6) is -2.41. The van der Waals surface area contributed by atoms with Crippen molar-refractivity contribution in [3.05, 3.63) is 47.5 Å². The van der Waals surface area contributed by atoms with Gasteiger partial charge in [0.2, 0.25) is 23.6 Å². The largest absolute Gasteiger partial charge is 0.379 e. The SMILES string of the molecule is Cc1ccc(CC(=O)[C@H](CCCCC(N)=O)NC(=O)[C@@H](CCCNC(=O)CCOCCNC(=O)CCN2C(=O)C=CC2=O)C(C)C)cc1. The summed E-state index contributed by atoms with van der Waals surface area (Å²) in [5.41, 5.74) is 7.22. The first kappa shape index (κ1) is 39.8. The molecule has 0 bridgehead atoms. The van der Waals surface area contributed by atoms with Crippen LogP contribution in [0.2, 0.25) is 0 Å². The number of unbranched alkanes of at least 4 members (excludes halogenated alkanes) is 1. The van der Waals surface area contributed by atoms with E-state index in [2.05, 4.69) is 16.0 Å². The third-order valence-corrected chi connectivity index (χ3v) is 8.03. The smallest absolute Gasteiger partial charge is 0.253 e. The molecule has 5 N–H and O–H groups in total. The van der Waals surface area contributed by atoms with Crippen LogP contribution in [0.5, 0.6) is 0 Å². The Hall–Kier alpha value is -4.39. The van der Waals surface area contributed by atoms with E-state index in [4.69, 9.17) is 10.5 Å². The predicted octanol–water partition coefficient (Wildman–Crippen LogP) is 1.64. The second kappa shape index (κ2) is 21.5. The molecule has 48 heavy (non-hydrogen) atoms. The zero-order chi connectivity index (χ0) is 35.5. The molecule has 264 valence electrons. The van der Waals surface area contributed by atoms with Crippen molar-refractivity contribution in [1.82, 2.24) is 20.9 Å². The van der Waals surface area contributed by atoms with E-state index >= 15 is 0 Å². The standard InChI is InChI=1S/C35H51N5O8/c1-24(2)27(35(47)39-28(8-4-5-9-30(36)42)29(41)23-26-12-10-25(3)11-13-26)7-6-18-37-32(44)17-21-48-22-19-38-31(43)16-20-40-33(45)14-15-34(40)46/h10-15,24,27-28H,4-9,16-23H2,1-3H3,(H2,36,42)(H,37,44)(H,38,43)(H,39,47)/t27-,28-/m0/s1. The Kier molecular flexibility index (Phi) is 17.8. The van der Waals surface area contributed by atoms with Gasteiger partial charge in [-0.25, -0.2) is 0 Å². The molecule has 0 saturated carbocycles. The summed E-state index contributed by atoms with van der Waals surface area (Å²) in [5, 5.41) is 8.45. The molecule has 0 fully saturated rings. The summed E-state index contributed by atoms with van der Waals surface area (Å²) in [4.78, 5) is 85.9. The third kappa shape index (κ3) is 15.5. The lowest BCUT2D eigenvalue weighted by Crippen LogP contribution is -2.45. The molecule has 13 heteroatoms. The van der Waals surface area contributed by atoms with Crippen LogP contribution in [-0.4, -0.2) is 85.0 Å². The first-order valence-corrected chi connectivity index (χ1v) is 16.7. The van der Waals surface area contributed by atoms with Crippen LogP contribution in [0, 0.1) is 18.8 Å². The number of rotatable bonds is 24. The summed E-state index contributed by atoms with van der Waals surface area (Å²) in [6.45, 7) is 6.86. The molecule has 0 unspecified atom stereocenters. The van der Waals surface area contributed by atoms with Crippen LogP contribution in [0.3, 0.4) is 0 Å². The number of nitrogens with two attached hydrogens (primary N) is 1. The quantitative estimate of drug-likeness (QED) is 0.0942. The topological polar surface area (TPSA) is 194 Å². The average molecular weight is 670 g/mol. The van der Waals surface area contributed by atoms with Gasteiger partial charge in [0.15, 0.2) is 5.78 Å². The van der Waals surface area contributed by atoms with Gasteiger partial charge in [0, 0.05) is 63.4 Å². The zero-order valence-electron chi connectivity index (χ0n) is 28.4. The lowest BCUT2D eigenvalue weighted by atomic mass is 9.89. The Balaban J connectivity index is 1.69. The Morgan fingerprint density at radius 3 is 2.10 bits per heavy atom. The third-order valence-electron chi connectivity index (χ3n) is 8.03. The van der Waals surface area contributed by atoms with Crippen molar-refractivity contribution < 1.29 is 38.3 Å². The maximum absolute atomic E-state index is 13.4. The molecule has 6 amide bonds. The molecular formula is C35H51N5O8. The number of nitrogens with zero attached hydrogens (tertiary/aromatic N) is 1. The Morgan fingerprint density at radius 2 is 1.46 bits per heavy atom. The zero-order valence-corrected chi connectivity index (χ0v) is 28.4. The predicted molar refractivity (Wildman–Crippen MR) is 179 cm³/mol. The number of primary amides is 1. The van der Waals surface area contributed by atoms with Crippen LogP contribution in [0.15, 0.2) is 36.4 Å². The molecule has 2 atom stereocenters. The number of aryl methyl sites for hydroxylation is 1. The van der Waals surface area contributed by atoms with Gasteiger partial charge in [-0.15, -0.1) is 0 Å². The van der Waals surface area contributed by atoms with Crippen molar-refractivity contribution in [3.8, 4) is 0 Å². The van der Waals surface area contributed by atoms with E-state index in [1.807, 2.05) is 45.0 Å². The summed E-state index contributed by atoms with van der Waals surface area (Å²) in [6.07, 6.45) is 5.51. The lowest BCUT2D eigenvalue weighted by molar-refractivity contribution is -0.137. The van der Waals surface area contributed by atoms with Crippen LogP contribution in [0.4, 0.5) is 0 Å². The number of hydrogen-bond acceptors (Lipinski definition) is 8. The van der Waals surface area contributed by atoms with Crippen LogP contribution in [0.1, 0.15) is 76.3 Å². The number of hydrogen-bond donors (Lipinski definition) is 4. The highest BCUT2D eigenvalue weighted by Gasteiger charge is 2.27. The normalized spacial score (nSPS) is 13.8. The molecule has 2 rings (SSSR count). The number of benzene rings is 1. The molecule has 1 heterocycles. The number of amides is 6. The number of carbonyl (C=O) groups excluding carboxylic acids is 7. The highest BCUT2D eigenvalue weighted by Crippen LogP contribution is 2.19. The number of Topliss-reactive ketones (excluding diaryl/α,β-unsaturated/α-hetero) is 1. The molecule has 0 aliphatic carbocycles. The summed E-state index contributed by atoms with van der Waals surface area (Å²) in [7, 11) is 0. The number of ether oxygens (including phenoxy) is 1.